The number of hydrogen-bond donors (Lipinski definition) is 1. The highest BCUT2D eigenvalue weighted by Gasteiger charge is 2.20. The van der Waals surface area contributed by atoms with Crippen molar-refractivity contribution in [1.82, 2.24) is 4.90 Å². The van der Waals surface area contributed by atoms with E-state index >= 15 is 0 Å². The zero-order chi connectivity index (χ0) is 10.3. The molecule has 5 heteroatoms. The van der Waals surface area contributed by atoms with Crippen LogP contribution in [0, 0.1) is 0 Å². The lowest BCUT2D eigenvalue weighted by Crippen LogP contribution is -2.43. The molecule has 0 heterocycles. The summed E-state index contributed by atoms with van der Waals surface area (Å²) >= 11 is 0. The van der Waals surface area contributed by atoms with Crippen LogP contribution < -0.4 is 0 Å². The molecular formula is C8H19NO3Si. The Labute approximate surface area is 81.8 Å². The number of amides is 1. The highest BCUT2D eigenvalue weighted by Crippen LogP contribution is 2.03. The van der Waals surface area contributed by atoms with Crippen LogP contribution in [0.4, 0.5) is 4.79 Å². The summed E-state index contributed by atoms with van der Waals surface area (Å²) in [7, 11) is -0.731. The largest absolute Gasteiger partial charge is 0.465 e. The van der Waals surface area contributed by atoms with Gasteiger partial charge in [-0.05, 0) is 20.3 Å². The molecule has 0 aliphatic carbocycles. The fourth-order valence-corrected chi connectivity index (χ4v) is 2.57. The molecule has 0 aliphatic rings. The second-order valence-electron chi connectivity index (χ2n) is 2.79. The minimum absolute atomic E-state index is 0.127. The minimum Gasteiger partial charge on any atom is -0.465 e. The predicted octanol–water partition coefficient (Wildman–Crippen LogP) is 0.843. The van der Waals surface area contributed by atoms with Gasteiger partial charge in [-0.25, -0.2) is 4.79 Å². The molecule has 1 N–H and O–H groups in total. The van der Waals surface area contributed by atoms with E-state index in [1.807, 2.05) is 20.8 Å². The third-order valence-corrected chi connectivity index (χ3v) is 4.06. The van der Waals surface area contributed by atoms with E-state index in [0.29, 0.717) is 13.2 Å². The van der Waals surface area contributed by atoms with Crippen LogP contribution >= 0.6 is 0 Å². The predicted molar refractivity (Wildman–Crippen MR) is 54.7 cm³/mol. The lowest BCUT2D eigenvalue weighted by Gasteiger charge is -2.26. The molecule has 0 spiro atoms. The summed E-state index contributed by atoms with van der Waals surface area (Å²) in [5.74, 6) is 0. The molecule has 13 heavy (non-hydrogen) atoms. The summed E-state index contributed by atoms with van der Waals surface area (Å²) in [5, 5.41) is 8.87. The fraction of sp³-hybridized carbons (Fsp3) is 0.875. The first-order chi connectivity index (χ1) is 6.17. The smallest absolute Gasteiger partial charge is 0.407 e. The Balaban J connectivity index is 4.08. The van der Waals surface area contributed by atoms with E-state index in [4.69, 9.17) is 9.53 Å². The van der Waals surface area contributed by atoms with Crippen LogP contribution in [0.1, 0.15) is 27.2 Å². The van der Waals surface area contributed by atoms with E-state index in [2.05, 4.69) is 0 Å². The Morgan fingerprint density at radius 3 is 2.46 bits per heavy atom. The zero-order valence-corrected chi connectivity index (χ0v) is 10.0. The molecule has 78 valence electrons. The van der Waals surface area contributed by atoms with Gasteiger partial charge < -0.3 is 14.4 Å². The Morgan fingerprint density at radius 1 is 1.54 bits per heavy atom. The molecule has 0 aliphatic heterocycles. The van der Waals surface area contributed by atoms with E-state index in [0.717, 1.165) is 6.42 Å². The maximum absolute atomic E-state index is 10.8. The quantitative estimate of drug-likeness (QED) is 0.654. The normalized spacial score (nSPS) is 13.5. The van der Waals surface area contributed by atoms with Crippen molar-refractivity contribution in [2.24, 2.45) is 0 Å². The second kappa shape index (κ2) is 6.91. The fourth-order valence-electron chi connectivity index (χ4n) is 1.23. The van der Waals surface area contributed by atoms with Crippen LogP contribution in [0.15, 0.2) is 0 Å². The third-order valence-electron chi connectivity index (χ3n) is 2.01. The molecule has 0 rings (SSSR count). The van der Waals surface area contributed by atoms with Gasteiger partial charge in [0.05, 0.1) is 0 Å². The Kier molecular flexibility index (Phi) is 6.62. The van der Waals surface area contributed by atoms with Crippen molar-refractivity contribution in [2.45, 2.75) is 32.9 Å². The molecule has 4 nitrogen and oxygen atoms in total. The van der Waals surface area contributed by atoms with Crippen LogP contribution in [0.25, 0.3) is 0 Å². The standard InChI is InChI=1S/C8H19NO3Si/c1-4-7(13-12-6-3)9(5-2)8(10)11/h7H,4-6,13H2,1-3H3,(H,10,11). The van der Waals surface area contributed by atoms with Crippen molar-refractivity contribution in [3.63, 3.8) is 0 Å². The van der Waals surface area contributed by atoms with E-state index in [9.17, 15) is 4.79 Å². The SMILES string of the molecule is CCO[SiH2]C(CC)N(CC)C(=O)O. The highest BCUT2D eigenvalue weighted by molar-refractivity contribution is 6.30. The molecule has 0 fully saturated rings. The van der Waals surface area contributed by atoms with Gasteiger partial charge in [0.2, 0.25) is 0 Å². The molecule has 1 atom stereocenters. The molecule has 0 aromatic carbocycles. The van der Waals surface area contributed by atoms with Crippen LogP contribution in [-0.4, -0.2) is 44.7 Å². The van der Waals surface area contributed by atoms with E-state index in [1.54, 1.807) is 0 Å². The first kappa shape index (κ1) is 12.4. The molecule has 0 aromatic rings. The van der Waals surface area contributed by atoms with Crippen molar-refractivity contribution < 1.29 is 14.3 Å². The monoisotopic (exact) mass is 205 g/mol. The summed E-state index contributed by atoms with van der Waals surface area (Å²) in [6.45, 7) is 7.05. The average molecular weight is 205 g/mol. The number of carboxylic acid groups (broad SMARTS) is 1. The zero-order valence-electron chi connectivity index (χ0n) is 8.62. The maximum Gasteiger partial charge on any atom is 0.407 e. The first-order valence-corrected chi connectivity index (χ1v) is 6.13. The molecular weight excluding hydrogens is 186 g/mol. The lowest BCUT2D eigenvalue weighted by atomic mass is 10.4. The second-order valence-corrected chi connectivity index (χ2v) is 4.47. The average Bonchev–Trinajstić information content (AvgIpc) is 2.11. The Bertz CT molecular complexity index is 154. The maximum atomic E-state index is 10.8. The Morgan fingerprint density at radius 2 is 2.15 bits per heavy atom. The van der Waals surface area contributed by atoms with Gasteiger partial charge >= 0.3 is 6.09 Å². The molecule has 1 unspecified atom stereocenters. The minimum atomic E-state index is -0.832. The summed E-state index contributed by atoms with van der Waals surface area (Å²) in [6.07, 6.45) is 0.0216. The van der Waals surface area contributed by atoms with Crippen molar-refractivity contribution in [3.05, 3.63) is 0 Å². The van der Waals surface area contributed by atoms with Gasteiger partial charge in [0.25, 0.3) is 0 Å². The van der Waals surface area contributed by atoms with Crippen LogP contribution in [-0.2, 0) is 4.43 Å². The van der Waals surface area contributed by atoms with Gasteiger partial charge in [-0.15, -0.1) is 0 Å². The topological polar surface area (TPSA) is 49.8 Å². The van der Waals surface area contributed by atoms with Gasteiger partial charge in [0.15, 0.2) is 9.76 Å². The van der Waals surface area contributed by atoms with Crippen LogP contribution in [0.5, 0.6) is 0 Å². The Hall–Kier alpha value is -0.553. The lowest BCUT2D eigenvalue weighted by molar-refractivity contribution is 0.137. The number of carbonyl (C=O) groups is 1. The molecule has 0 aromatic heterocycles. The highest BCUT2D eigenvalue weighted by atomic mass is 28.2. The summed E-state index contributed by atoms with van der Waals surface area (Å²) < 4.78 is 5.35. The summed E-state index contributed by atoms with van der Waals surface area (Å²) in [6, 6.07) is 0. The van der Waals surface area contributed by atoms with E-state index < -0.39 is 15.9 Å². The van der Waals surface area contributed by atoms with Crippen molar-refractivity contribution >= 4 is 15.9 Å². The number of rotatable bonds is 6. The van der Waals surface area contributed by atoms with Crippen LogP contribution in [0.2, 0.25) is 0 Å². The van der Waals surface area contributed by atoms with Crippen molar-refractivity contribution in [2.75, 3.05) is 13.2 Å². The van der Waals surface area contributed by atoms with E-state index in [1.165, 1.54) is 4.90 Å². The molecule has 0 saturated heterocycles. The molecule has 1 amide bonds. The number of nitrogens with zero attached hydrogens (tertiary/aromatic N) is 1. The van der Waals surface area contributed by atoms with Crippen LogP contribution in [0.3, 0.4) is 0 Å². The van der Waals surface area contributed by atoms with Gasteiger partial charge in [0.1, 0.15) is 0 Å². The third kappa shape index (κ3) is 4.28. The van der Waals surface area contributed by atoms with Crippen molar-refractivity contribution in [1.29, 1.82) is 0 Å². The van der Waals surface area contributed by atoms with Gasteiger partial charge in [-0.1, -0.05) is 6.92 Å². The van der Waals surface area contributed by atoms with Gasteiger partial charge in [-0.3, -0.25) is 0 Å². The molecule has 0 bridgehead atoms. The van der Waals surface area contributed by atoms with Gasteiger partial charge in [-0.2, -0.15) is 0 Å². The van der Waals surface area contributed by atoms with Crippen molar-refractivity contribution in [3.8, 4) is 0 Å². The summed E-state index contributed by atoms with van der Waals surface area (Å²) in [4.78, 5) is 12.3. The van der Waals surface area contributed by atoms with E-state index in [-0.39, 0.29) is 5.67 Å². The van der Waals surface area contributed by atoms with Gasteiger partial charge in [0, 0.05) is 18.8 Å². The first-order valence-electron chi connectivity index (χ1n) is 4.74. The molecule has 0 saturated carbocycles. The molecule has 0 radical (unpaired) electrons. The summed E-state index contributed by atoms with van der Waals surface area (Å²) in [5.41, 5.74) is 0.127. The number of hydrogen-bond acceptors (Lipinski definition) is 2.